The number of nitrogens with two attached hydrogens (primary N) is 1. The van der Waals surface area contributed by atoms with Gasteiger partial charge in [0.2, 0.25) is 0 Å². The van der Waals surface area contributed by atoms with Gasteiger partial charge in [0.1, 0.15) is 0 Å². The van der Waals surface area contributed by atoms with Crippen LogP contribution in [0, 0.1) is 16.2 Å². The predicted molar refractivity (Wildman–Crippen MR) is 116 cm³/mol. The summed E-state index contributed by atoms with van der Waals surface area (Å²) in [6.07, 6.45) is 12.7. The molecule has 0 amide bonds. The number of fused-ring (bicyclic) bond motifs is 1. The van der Waals surface area contributed by atoms with Gasteiger partial charge in [-0.05, 0) is 36.5 Å². The average molecular weight is 379 g/mol. The van der Waals surface area contributed by atoms with Crippen molar-refractivity contribution in [3.8, 4) is 0 Å². The highest BCUT2D eigenvalue weighted by molar-refractivity contribution is 7.09. The number of hydrogen-bond donors (Lipinski definition) is 1. The number of aromatic nitrogens is 1. The van der Waals surface area contributed by atoms with Crippen LogP contribution in [0.3, 0.4) is 0 Å². The van der Waals surface area contributed by atoms with Crippen LogP contribution in [0.25, 0.3) is 0 Å². The first-order valence-corrected chi connectivity index (χ1v) is 11.9. The van der Waals surface area contributed by atoms with Gasteiger partial charge in [-0.1, -0.05) is 80.1 Å². The Labute approximate surface area is 166 Å². The fraction of sp³-hybridized carbons (Fsp3) is 0.870. The first-order chi connectivity index (χ1) is 12.3. The highest BCUT2D eigenvalue weighted by Gasteiger charge is 2.62. The summed E-state index contributed by atoms with van der Waals surface area (Å²) in [4.78, 5) is 6.10. The van der Waals surface area contributed by atoms with E-state index in [-0.39, 0.29) is 22.3 Å². The van der Waals surface area contributed by atoms with Gasteiger partial charge in [-0.2, -0.15) is 0 Å². The lowest BCUT2D eigenvalue weighted by Gasteiger charge is -2.58. The van der Waals surface area contributed by atoms with Gasteiger partial charge in [-0.15, -0.1) is 11.3 Å². The van der Waals surface area contributed by atoms with Crippen molar-refractivity contribution < 1.29 is 0 Å². The normalized spacial score (nSPS) is 23.4. The maximum Gasteiger partial charge on any atom is 0.0798 e. The molecule has 0 bridgehead atoms. The molecule has 0 saturated heterocycles. The van der Waals surface area contributed by atoms with Crippen LogP contribution in [-0.4, -0.2) is 4.98 Å². The van der Waals surface area contributed by atoms with E-state index in [2.05, 4.69) is 41.5 Å². The van der Waals surface area contributed by atoms with Crippen LogP contribution in [0.1, 0.15) is 116 Å². The van der Waals surface area contributed by atoms with Crippen molar-refractivity contribution >= 4 is 11.3 Å². The zero-order valence-electron chi connectivity index (χ0n) is 18.2. The van der Waals surface area contributed by atoms with Crippen LogP contribution in [0.5, 0.6) is 0 Å². The molecule has 1 aromatic heterocycles. The predicted octanol–water partition coefficient (Wildman–Crippen LogP) is 7.29. The van der Waals surface area contributed by atoms with Gasteiger partial charge in [0.15, 0.2) is 0 Å². The lowest BCUT2D eigenvalue weighted by molar-refractivity contribution is -0.0924. The SMILES string of the molecule is CCCCCCC(C)(C)C1(C(C)(CCC)CCC)Cc2ncsc2[C@H]1N. The number of unbranched alkanes of at least 4 members (excludes halogenated alkanes) is 3. The minimum absolute atomic E-state index is 0.119. The Balaban J connectivity index is 2.44. The third-order valence-corrected chi connectivity index (χ3v) is 8.43. The number of thiazole rings is 1. The second-order valence-electron chi connectivity index (χ2n) is 9.54. The summed E-state index contributed by atoms with van der Waals surface area (Å²) in [5.74, 6) is 0. The van der Waals surface area contributed by atoms with Crippen molar-refractivity contribution in [1.82, 2.24) is 4.98 Å². The van der Waals surface area contributed by atoms with Crippen molar-refractivity contribution in [2.75, 3.05) is 0 Å². The lowest BCUT2D eigenvalue weighted by Crippen LogP contribution is -2.55. The smallest absolute Gasteiger partial charge is 0.0798 e. The van der Waals surface area contributed by atoms with Gasteiger partial charge in [0.25, 0.3) is 0 Å². The summed E-state index contributed by atoms with van der Waals surface area (Å²) in [5, 5.41) is 0. The van der Waals surface area contributed by atoms with Crippen LogP contribution in [0.4, 0.5) is 0 Å². The van der Waals surface area contributed by atoms with E-state index in [4.69, 9.17) is 10.7 Å². The molecule has 1 aromatic rings. The molecular formula is C23H42N2S. The Morgan fingerprint density at radius 2 is 1.69 bits per heavy atom. The van der Waals surface area contributed by atoms with Crippen molar-refractivity contribution in [2.45, 2.75) is 112 Å². The molecule has 0 fully saturated rings. The largest absolute Gasteiger partial charge is 0.323 e. The molecule has 2 atom stereocenters. The maximum absolute atomic E-state index is 7.10. The van der Waals surface area contributed by atoms with E-state index in [1.807, 2.05) is 5.51 Å². The summed E-state index contributed by atoms with van der Waals surface area (Å²) >= 11 is 1.79. The fourth-order valence-electron chi connectivity index (χ4n) is 6.22. The minimum Gasteiger partial charge on any atom is -0.323 e. The molecule has 0 aromatic carbocycles. The third-order valence-electron chi connectivity index (χ3n) is 7.48. The van der Waals surface area contributed by atoms with Crippen LogP contribution in [0.2, 0.25) is 0 Å². The van der Waals surface area contributed by atoms with Crippen LogP contribution < -0.4 is 5.73 Å². The van der Waals surface area contributed by atoms with Crippen LogP contribution in [0.15, 0.2) is 5.51 Å². The Kier molecular flexibility index (Phi) is 7.35. The Morgan fingerprint density at radius 3 is 2.23 bits per heavy atom. The Bertz CT molecular complexity index is 556. The van der Waals surface area contributed by atoms with E-state index in [1.165, 1.54) is 68.4 Å². The molecule has 3 heteroatoms. The lowest BCUT2D eigenvalue weighted by atomic mass is 9.46. The van der Waals surface area contributed by atoms with E-state index in [0.29, 0.717) is 0 Å². The first-order valence-electron chi connectivity index (χ1n) is 11.0. The standard InChI is InChI=1S/C23H42N2S/c1-7-10-11-12-15-21(4,5)23(22(6,13-8-2)14-9-3)16-18-19(20(23)24)26-17-25-18/h17,20H,7-16,24H2,1-6H3/t20-,23?/m1/s1. The van der Waals surface area contributed by atoms with Gasteiger partial charge in [0.05, 0.1) is 11.2 Å². The molecule has 0 radical (unpaired) electrons. The molecule has 1 heterocycles. The second kappa shape index (κ2) is 8.73. The van der Waals surface area contributed by atoms with Gasteiger partial charge in [-0.3, -0.25) is 0 Å². The van der Waals surface area contributed by atoms with E-state index >= 15 is 0 Å². The summed E-state index contributed by atoms with van der Waals surface area (Å²) < 4.78 is 0. The monoisotopic (exact) mass is 378 g/mol. The van der Waals surface area contributed by atoms with Crippen molar-refractivity contribution in [1.29, 1.82) is 0 Å². The molecule has 0 saturated carbocycles. The van der Waals surface area contributed by atoms with Crippen molar-refractivity contribution in [3.63, 3.8) is 0 Å². The summed E-state index contributed by atoms with van der Waals surface area (Å²) in [6.45, 7) is 14.5. The molecule has 2 N–H and O–H groups in total. The third kappa shape index (κ3) is 3.63. The minimum atomic E-state index is 0.119. The van der Waals surface area contributed by atoms with E-state index in [9.17, 15) is 0 Å². The van der Waals surface area contributed by atoms with Crippen molar-refractivity contribution in [3.05, 3.63) is 16.1 Å². The molecule has 0 spiro atoms. The van der Waals surface area contributed by atoms with Gasteiger partial charge in [0, 0.05) is 16.3 Å². The Morgan fingerprint density at radius 1 is 1.04 bits per heavy atom. The molecule has 1 unspecified atom stereocenters. The summed E-state index contributed by atoms with van der Waals surface area (Å²) in [6, 6.07) is 0.134. The molecule has 2 nitrogen and oxygen atoms in total. The number of hydrogen-bond acceptors (Lipinski definition) is 3. The van der Waals surface area contributed by atoms with Crippen LogP contribution >= 0.6 is 11.3 Å². The topological polar surface area (TPSA) is 38.9 Å². The van der Waals surface area contributed by atoms with Gasteiger partial charge in [-0.25, -0.2) is 4.98 Å². The molecule has 2 rings (SSSR count). The zero-order chi connectivity index (χ0) is 19.4. The second-order valence-corrected chi connectivity index (χ2v) is 10.4. The van der Waals surface area contributed by atoms with Crippen molar-refractivity contribution in [2.24, 2.45) is 22.0 Å². The summed E-state index contributed by atoms with van der Waals surface area (Å²) in [5.41, 5.74) is 11.0. The molecule has 26 heavy (non-hydrogen) atoms. The maximum atomic E-state index is 7.10. The zero-order valence-corrected chi connectivity index (χ0v) is 19.0. The molecule has 0 aliphatic heterocycles. The molecule has 150 valence electrons. The Hall–Kier alpha value is -0.410. The molecule has 1 aliphatic rings. The molecular weight excluding hydrogens is 336 g/mol. The quantitative estimate of drug-likeness (QED) is 0.411. The highest BCUT2D eigenvalue weighted by atomic mass is 32.1. The average Bonchev–Trinajstić information content (AvgIpc) is 3.14. The van der Waals surface area contributed by atoms with E-state index < -0.39 is 0 Å². The van der Waals surface area contributed by atoms with Gasteiger partial charge < -0.3 is 5.73 Å². The van der Waals surface area contributed by atoms with E-state index in [1.54, 1.807) is 11.3 Å². The number of nitrogens with zero attached hydrogens (tertiary/aromatic N) is 1. The highest BCUT2D eigenvalue weighted by Crippen LogP contribution is 2.67. The van der Waals surface area contributed by atoms with E-state index in [0.717, 1.165) is 6.42 Å². The van der Waals surface area contributed by atoms with Gasteiger partial charge >= 0.3 is 0 Å². The van der Waals surface area contributed by atoms with Crippen LogP contribution in [-0.2, 0) is 6.42 Å². The first kappa shape index (κ1) is 21.9. The number of rotatable bonds is 11. The molecule has 1 aliphatic carbocycles. The fourth-order valence-corrected chi connectivity index (χ4v) is 7.12. The summed E-state index contributed by atoms with van der Waals surface area (Å²) in [7, 11) is 0.